The van der Waals surface area contributed by atoms with Crippen molar-refractivity contribution < 1.29 is 9.53 Å². The maximum Gasteiger partial charge on any atom is 0.254 e. The number of carbonyl (C=O) groups excluding carboxylic acids is 1. The Kier molecular flexibility index (Phi) is 5.88. The molecule has 0 atom stereocenters. The van der Waals surface area contributed by atoms with Crippen molar-refractivity contribution in [1.29, 1.82) is 0 Å². The van der Waals surface area contributed by atoms with E-state index >= 15 is 0 Å². The van der Waals surface area contributed by atoms with Crippen molar-refractivity contribution >= 4 is 17.5 Å². The largest absolute Gasteiger partial charge is 0.497 e. The fraction of sp³-hybridized carbons (Fsp3) is 0.150. The first-order chi connectivity index (χ1) is 13.0. The van der Waals surface area contributed by atoms with Gasteiger partial charge in [-0.05, 0) is 29.8 Å². The van der Waals surface area contributed by atoms with Gasteiger partial charge < -0.3 is 10.1 Å². The van der Waals surface area contributed by atoms with E-state index in [1.165, 1.54) is 17.0 Å². The highest BCUT2D eigenvalue weighted by Gasteiger charge is 2.07. The fourth-order valence-electron chi connectivity index (χ4n) is 2.48. The van der Waals surface area contributed by atoms with Gasteiger partial charge in [-0.3, -0.25) is 14.2 Å². The Morgan fingerprint density at radius 3 is 2.48 bits per heavy atom. The van der Waals surface area contributed by atoms with Gasteiger partial charge in [-0.1, -0.05) is 35.9 Å². The van der Waals surface area contributed by atoms with Crippen molar-refractivity contribution in [2.75, 3.05) is 7.11 Å². The summed E-state index contributed by atoms with van der Waals surface area (Å²) in [6, 6.07) is 15.8. The molecular weight excluding hydrogens is 366 g/mol. The summed E-state index contributed by atoms with van der Waals surface area (Å²) in [6.45, 7) is 0.275. The summed E-state index contributed by atoms with van der Waals surface area (Å²) in [5, 5.41) is 3.39. The Morgan fingerprint density at radius 1 is 1.15 bits per heavy atom. The highest BCUT2D eigenvalue weighted by atomic mass is 35.5. The molecule has 0 aliphatic carbocycles. The highest BCUT2D eigenvalue weighted by molar-refractivity contribution is 6.30. The molecule has 27 heavy (non-hydrogen) atoms. The number of ether oxygens (including phenoxy) is 1. The monoisotopic (exact) mass is 383 g/mol. The third kappa shape index (κ3) is 4.95. The molecule has 2 aromatic carbocycles. The first kappa shape index (κ1) is 18.7. The average Bonchev–Trinajstić information content (AvgIpc) is 2.69. The minimum Gasteiger partial charge on any atom is -0.497 e. The third-order valence-electron chi connectivity index (χ3n) is 3.98. The van der Waals surface area contributed by atoms with Crippen LogP contribution >= 0.6 is 11.6 Å². The summed E-state index contributed by atoms with van der Waals surface area (Å²) in [5.74, 6) is 0.484. The van der Waals surface area contributed by atoms with Gasteiger partial charge in [0.25, 0.3) is 5.56 Å². The first-order valence-electron chi connectivity index (χ1n) is 8.27. The number of nitrogens with one attached hydrogen (secondary N) is 1. The van der Waals surface area contributed by atoms with Crippen LogP contribution in [-0.4, -0.2) is 22.6 Å². The van der Waals surface area contributed by atoms with Gasteiger partial charge in [0.2, 0.25) is 5.91 Å². The van der Waals surface area contributed by atoms with Crippen molar-refractivity contribution in [3.8, 4) is 17.0 Å². The number of amides is 1. The predicted octanol–water partition coefficient (Wildman–Crippen LogP) is 2.89. The summed E-state index contributed by atoms with van der Waals surface area (Å²) < 4.78 is 6.36. The molecule has 0 radical (unpaired) electrons. The molecule has 6 nitrogen and oxygen atoms in total. The van der Waals surface area contributed by atoms with Crippen LogP contribution in [0.2, 0.25) is 5.02 Å². The molecule has 0 fully saturated rings. The molecule has 0 aliphatic heterocycles. The first-order valence-corrected chi connectivity index (χ1v) is 8.65. The number of benzene rings is 2. The standard InChI is InChI=1S/C20H18ClN3O3/c1-27-17-8-2-14(3-9-17)11-22-19(25)12-24-13-23-18(10-20(24)26)15-4-6-16(21)7-5-15/h2-10,13H,11-12H2,1H3,(H,22,25). The number of rotatable bonds is 6. The van der Waals surface area contributed by atoms with E-state index in [1.54, 1.807) is 31.4 Å². The van der Waals surface area contributed by atoms with E-state index in [0.717, 1.165) is 16.9 Å². The zero-order valence-corrected chi connectivity index (χ0v) is 15.4. The Hall–Kier alpha value is -3.12. The summed E-state index contributed by atoms with van der Waals surface area (Å²) in [7, 11) is 1.60. The van der Waals surface area contributed by atoms with Crippen LogP contribution in [0.25, 0.3) is 11.3 Å². The molecule has 138 valence electrons. The fourth-order valence-corrected chi connectivity index (χ4v) is 2.60. The average molecular weight is 384 g/mol. The number of aromatic nitrogens is 2. The molecular formula is C20H18ClN3O3. The SMILES string of the molecule is COc1ccc(CNC(=O)Cn2cnc(-c3ccc(Cl)cc3)cc2=O)cc1. The summed E-state index contributed by atoms with van der Waals surface area (Å²) in [6.07, 6.45) is 1.37. The smallest absolute Gasteiger partial charge is 0.254 e. The van der Waals surface area contributed by atoms with Crippen LogP contribution in [0.4, 0.5) is 0 Å². The van der Waals surface area contributed by atoms with Crippen LogP contribution in [0.1, 0.15) is 5.56 Å². The van der Waals surface area contributed by atoms with Gasteiger partial charge in [0.15, 0.2) is 0 Å². The van der Waals surface area contributed by atoms with Crippen LogP contribution in [0.3, 0.4) is 0 Å². The number of halogens is 1. The molecule has 1 aromatic heterocycles. The van der Waals surface area contributed by atoms with Gasteiger partial charge in [-0.2, -0.15) is 0 Å². The summed E-state index contributed by atoms with van der Waals surface area (Å²) >= 11 is 5.87. The Labute approximate surface area is 161 Å². The van der Waals surface area contributed by atoms with Crippen LogP contribution in [0.5, 0.6) is 5.75 Å². The van der Waals surface area contributed by atoms with E-state index in [2.05, 4.69) is 10.3 Å². The molecule has 0 aliphatic rings. The Morgan fingerprint density at radius 2 is 1.85 bits per heavy atom. The lowest BCUT2D eigenvalue weighted by Crippen LogP contribution is -2.31. The van der Waals surface area contributed by atoms with Gasteiger partial charge in [0.05, 0.1) is 19.1 Å². The van der Waals surface area contributed by atoms with Gasteiger partial charge in [0.1, 0.15) is 12.3 Å². The van der Waals surface area contributed by atoms with Crippen LogP contribution in [0.15, 0.2) is 65.7 Å². The zero-order valence-electron chi connectivity index (χ0n) is 14.7. The van der Waals surface area contributed by atoms with Gasteiger partial charge in [-0.25, -0.2) is 4.98 Å². The van der Waals surface area contributed by atoms with E-state index < -0.39 is 0 Å². The lowest BCUT2D eigenvalue weighted by molar-refractivity contribution is -0.121. The van der Waals surface area contributed by atoms with Gasteiger partial charge in [0, 0.05) is 23.2 Å². The number of carbonyl (C=O) groups is 1. The number of nitrogens with zero attached hydrogens (tertiary/aromatic N) is 2. The van der Waals surface area contributed by atoms with E-state index in [-0.39, 0.29) is 18.0 Å². The van der Waals surface area contributed by atoms with E-state index in [9.17, 15) is 9.59 Å². The van der Waals surface area contributed by atoms with Crippen LogP contribution < -0.4 is 15.6 Å². The number of hydrogen-bond donors (Lipinski definition) is 1. The molecule has 1 heterocycles. The second kappa shape index (κ2) is 8.51. The van der Waals surface area contributed by atoms with Gasteiger partial charge >= 0.3 is 0 Å². The normalized spacial score (nSPS) is 10.4. The maximum atomic E-state index is 12.3. The highest BCUT2D eigenvalue weighted by Crippen LogP contribution is 2.18. The zero-order chi connectivity index (χ0) is 19.2. The topological polar surface area (TPSA) is 73.2 Å². The van der Waals surface area contributed by atoms with E-state index in [1.807, 2.05) is 24.3 Å². The van der Waals surface area contributed by atoms with Crippen LogP contribution in [-0.2, 0) is 17.9 Å². The van der Waals surface area contributed by atoms with E-state index in [4.69, 9.17) is 16.3 Å². The van der Waals surface area contributed by atoms with Crippen molar-refractivity contribution in [1.82, 2.24) is 14.9 Å². The van der Waals surface area contributed by atoms with Crippen molar-refractivity contribution in [3.05, 3.63) is 81.9 Å². The lowest BCUT2D eigenvalue weighted by Gasteiger charge is -2.08. The second-order valence-corrected chi connectivity index (χ2v) is 6.31. The quantitative estimate of drug-likeness (QED) is 0.710. The minimum atomic E-state index is -0.297. The molecule has 3 rings (SSSR count). The molecule has 1 amide bonds. The molecule has 0 spiro atoms. The van der Waals surface area contributed by atoms with Crippen molar-refractivity contribution in [2.45, 2.75) is 13.1 Å². The van der Waals surface area contributed by atoms with Crippen molar-refractivity contribution in [3.63, 3.8) is 0 Å². The second-order valence-electron chi connectivity index (χ2n) is 5.87. The molecule has 0 unspecified atom stereocenters. The molecule has 0 saturated heterocycles. The number of methoxy groups -OCH3 is 1. The van der Waals surface area contributed by atoms with E-state index in [0.29, 0.717) is 17.3 Å². The Bertz CT molecular complexity index is 983. The molecule has 7 heteroatoms. The third-order valence-corrected chi connectivity index (χ3v) is 4.23. The Balaban J connectivity index is 1.62. The molecule has 0 saturated carbocycles. The molecule has 3 aromatic rings. The maximum absolute atomic E-state index is 12.3. The molecule has 0 bridgehead atoms. The summed E-state index contributed by atoms with van der Waals surface area (Å²) in [4.78, 5) is 28.6. The minimum absolute atomic E-state index is 0.0944. The van der Waals surface area contributed by atoms with Crippen LogP contribution in [0, 0.1) is 0 Å². The predicted molar refractivity (Wildman–Crippen MR) is 104 cm³/mol. The molecule has 1 N–H and O–H groups in total. The summed E-state index contributed by atoms with van der Waals surface area (Å²) in [5.41, 5.74) is 1.96. The number of hydrogen-bond acceptors (Lipinski definition) is 4. The van der Waals surface area contributed by atoms with Crippen molar-refractivity contribution in [2.24, 2.45) is 0 Å². The van der Waals surface area contributed by atoms with Gasteiger partial charge in [-0.15, -0.1) is 0 Å². The lowest BCUT2D eigenvalue weighted by atomic mass is 10.1.